The largest absolute Gasteiger partial charge is 0.489 e. The third kappa shape index (κ3) is 4.21. The van der Waals surface area contributed by atoms with Crippen molar-refractivity contribution in [2.45, 2.75) is 42.2 Å². The quantitative estimate of drug-likeness (QED) is 0.225. The van der Waals surface area contributed by atoms with Crippen LogP contribution in [-0.4, -0.2) is 49.0 Å². The molecular weight excluding hydrogens is 601 g/mol. The minimum Gasteiger partial charge on any atom is -0.489 e. The van der Waals surface area contributed by atoms with Crippen molar-refractivity contribution in [3.63, 3.8) is 0 Å². The lowest BCUT2D eigenvalue weighted by Gasteiger charge is -2.43. The molecule has 0 unspecified atom stereocenters. The molecule has 8 atom stereocenters. The summed E-state index contributed by atoms with van der Waals surface area (Å²) in [5.74, 6) is -5.03. The van der Waals surface area contributed by atoms with Gasteiger partial charge in [0.25, 0.3) is 5.69 Å². The number of thioether (sulfide) groups is 1. The van der Waals surface area contributed by atoms with Gasteiger partial charge in [0.15, 0.2) is 0 Å². The molecule has 3 fully saturated rings. The number of carbonyl (C=O) groups excluding carboxylic acids is 2. The van der Waals surface area contributed by atoms with Gasteiger partial charge in [-0.2, -0.15) is 0 Å². The van der Waals surface area contributed by atoms with E-state index in [1.54, 1.807) is 12.1 Å². The van der Waals surface area contributed by atoms with E-state index in [1.807, 2.05) is 0 Å². The van der Waals surface area contributed by atoms with Gasteiger partial charge in [0.1, 0.15) is 24.2 Å². The Kier molecular flexibility index (Phi) is 6.47. The summed E-state index contributed by atoms with van der Waals surface area (Å²) in [6, 6.07) is 8.76. The van der Waals surface area contributed by atoms with E-state index in [2.05, 4.69) is 4.98 Å². The number of ether oxygens (including phenoxy) is 1. The first-order valence-corrected chi connectivity index (χ1v) is 15.4. The number of carboxylic acids is 1. The first-order valence-electron chi connectivity index (χ1n) is 13.7. The number of hydrogen-bond donors (Lipinski definition) is 2. The van der Waals surface area contributed by atoms with E-state index in [0.717, 1.165) is 16.2 Å². The third-order valence-electron chi connectivity index (χ3n) is 9.35. The fraction of sp³-hybridized carbons (Fsp3) is 0.379. The smallest absolute Gasteiger partial charge is 0.326 e. The van der Waals surface area contributed by atoms with Gasteiger partial charge in [-0.3, -0.25) is 29.4 Å². The zero-order chi connectivity index (χ0) is 30.3. The number of nitrogens with zero attached hydrogens (tertiary/aromatic N) is 2. The first kappa shape index (κ1) is 27.8. The molecule has 3 heterocycles. The molecular formula is C29H24FN3O8S2. The normalized spacial score (nSPS) is 29.3. The Morgan fingerprint density at radius 2 is 1.86 bits per heavy atom. The van der Waals surface area contributed by atoms with Crippen molar-refractivity contribution in [3.05, 3.63) is 84.1 Å². The highest BCUT2D eigenvalue weighted by Crippen LogP contribution is 2.69. The van der Waals surface area contributed by atoms with Crippen LogP contribution >= 0.6 is 23.1 Å². The molecule has 3 aromatic rings. The average molecular weight is 626 g/mol. The number of aromatic nitrogens is 1. The summed E-state index contributed by atoms with van der Waals surface area (Å²) in [6.07, 6.45) is 0.570. The number of nitro groups is 1. The molecule has 4 aliphatic rings. The van der Waals surface area contributed by atoms with Gasteiger partial charge < -0.3 is 14.8 Å². The molecule has 11 nitrogen and oxygen atoms in total. The number of aliphatic carboxylic acids is 1. The van der Waals surface area contributed by atoms with E-state index >= 15 is 0 Å². The summed E-state index contributed by atoms with van der Waals surface area (Å²) in [7, 11) is 0. The van der Waals surface area contributed by atoms with Gasteiger partial charge in [0.2, 0.25) is 11.8 Å². The topological polar surface area (TPSA) is 160 Å². The number of thiazole rings is 1. The second kappa shape index (κ2) is 10.0. The lowest BCUT2D eigenvalue weighted by atomic mass is 9.68. The van der Waals surface area contributed by atoms with Gasteiger partial charge in [0.05, 0.1) is 21.8 Å². The number of benzene rings is 2. The maximum absolute atomic E-state index is 13.6. The molecule has 0 spiro atoms. The van der Waals surface area contributed by atoms with Gasteiger partial charge in [-0.05, 0) is 54.9 Å². The predicted molar refractivity (Wildman–Crippen MR) is 151 cm³/mol. The fourth-order valence-electron chi connectivity index (χ4n) is 7.65. The van der Waals surface area contributed by atoms with Crippen LogP contribution in [0.4, 0.5) is 10.1 Å². The Morgan fingerprint density at radius 3 is 2.53 bits per heavy atom. The van der Waals surface area contributed by atoms with Gasteiger partial charge in [-0.15, -0.1) is 11.8 Å². The van der Waals surface area contributed by atoms with E-state index in [0.29, 0.717) is 33.2 Å². The lowest BCUT2D eigenvalue weighted by molar-refractivity contribution is -0.385. The molecule has 2 aliphatic carbocycles. The molecule has 0 radical (unpaired) electrons. The van der Waals surface area contributed by atoms with E-state index < -0.39 is 52.3 Å². The molecule has 1 saturated heterocycles. The minimum atomic E-state index is -1.29. The molecule has 2 amide bonds. The molecule has 1 aromatic heterocycles. The van der Waals surface area contributed by atoms with Crippen LogP contribution in [0.25, 0.3) is 0 Å². The van der Waals surface area contributed by atoms with E-state index in [4.69, 9.17) is 4.74 Å². The number of likely N-dealkylation sites (tertiary alicyclic amines) is 1. The number of aromatic amines is 1. The Morgan fingerprint density at radius 1 is 1.16 bits per heavy atom. The number of rotatable bonds is 7. The summed E-state index contributed by atoms with van der Waals surface area (Å²) in [6.45, 7) is 1.38. The number of fused-ring (bicyclic) bond motifs is 9. The molecule has 7 rings (SSSR count). The number of H-pyrrole nitrogens is 1. The number of non-ortho nitro benzene ring substituents is 1. The van der Waals surface area contributed by atoms with Gasteiger partial charge in [0, 0.05) is 33.7 Å². The molecule has 2 saturated carbocycles. The average Bonchev–Trinajstić information content (AvgIpc) is 3.71. The van der Waals surface area contributed by atoms with Crippen LogP contribution in [0, 0.1) is 45.5 Å². The predicted octanol–water partition coefficient (Wildman–Crippen LogP) is 4.01. The van der Waals surface area contributed by atoms with Gasteiger partial charge in [-0.1, -0.05) is 23.5 Å². The second-order valence-corrected chi connectivity index (χ2v) is 13.6. The van der Waals surface area contributed by atoms with Crippen LogP contribution in [0.1, 0.15) is 35.3 Å². The standard InChI is InChI=1S/C29H24FN3O8S2/c1-11(28(36)37)32-26(34)21-16-9-17(22(21)27(32)35)23-20(16)19(24-25(42-23)31-29(38)43-24)15-8-14(33(39)40)6-7-18(15)41-10-12-2-4-13(30)5-3-12/h2-8,11,16-17,19-23H,9-10H2,1H3,(H,31,38)(H,36,37)/t11-,16-,17-,19+,20-,21+,22-,23-/m1/s1. The zero-order valence-electron chi connectivity index (χ0n) is 22.5. The van der Waals surface area contributed by atoms with E-state index in [1.165, 1.54) is 49.0 Å². The number of carboxylic acid groups (broad SMARTS) is 1. The van der Waals surface area contributed by atoms with Crippen molar-refractivity contribution in [3.8, 4) is 5.75 Å². The summed E-state index contributed by atoms with van der Waals surface area (Å²) in [5.41, 5.74) is 0.998. The number of imide groups is 1. The van der Waals surface area contributed by atoms with Crippen molar-refractivity contribution in [2.75, 3.05) is 0 Å². The van der Waals surface area contributed by atoms with Crippen LogP contribution in [0.2, 0.25) is 0 Å². The Balaban J connectivity index is 1.33. The fourth-order valence-corrected chi connectivity index (χ4v) is 10.5. The van der Waals surface area contributed by atoms with E-state index in [9.17, 15) is 38.8 Å². The van der Waals surface area contributed by atoms with Crippen LogP contribution < -0.4 is 9.61 Å². The van der Waals surface area contributed by atoms with Crippen LogP contribution in [0.5, 0.6) is 5.75 Å². The SMILES string of the molecule is C[C@H](C(=O)O)N1C(=O)[C@@H]2[C@H]3C[C@@H]([C@@H]2C1=O)[C@@H]1[C@H](c2cc([N+](=O)[O-])ccc2OCc2ccc(F)cc2)c2sc(=O)[nH]c2S[C@H]31. The molecule has 222 valence electrons. The third-order valence-corrected chi connectivity index (χ3v) is 11.9. The molecule has 2 bridgehead atoms. The lowest BCUT2D eigenvalue weighted by Crippen LogP contribution is -2.44. The van der Waals surface area contributed by atoms with Crippen molar-refractivity contribution in [1.29, 1.82) is 0 Å². The van der Waals surface area contributed by atoms with Crippen molar-refractivity contribution in [1.82, 2.24) is 9.88 Å². The minimum absolute atomic E-state index is 0.0582. The molecule has 43 heavy (non-hydrogen) atoms. The number of carbonyl (C=O) groups is 3. The van der Waals surface area contributed by atoms with Crippen molar-refractivity contribution >= 4 is 46.6 Å². The van der Waals surface area contributed by atoms with E-state index in [-0.39, 0.29) is 40.2 Å². The Labute approximate surface area is 251 Å². The maximum Gasteiger partial charge on any atom is 0.326 e. The van der Waals surface area contributed by atoms with Crippen LogP contribution in [-0.2, 0) is 21.0 Å². The maximum atomic E-state index is 13.6. The summed E-state index contributed by atoms with van der Waals surface area (Å²) in [5, 5.41) is 21.9. The Hall–Kier alpha value is -4.04. The Bertz CT molecular complexity index is 1760. The number of nitrogens with one attached hydrogen (secondary N) is 1. The number of nitro benzene ring substituents is 1. The highest BCUT2D eigenvalue weighted by atomic mass is 32.2. The summed E-state index contributed by atoms with van der Waals surface area (Å²) in [4.78, 5) is 67.0. The summed E-state index contributed by atoms with van der Waals surface area (Å²) >= 11 is 2.46. The first-order chi connectivity index (χ1) is 20.5. The van der Waals surface area contributed by atoms with Crippen molar-refractivity contribution in [2.24, 2.45) is 29.6 Å². The number of hydrogen-bond acceptors (Lipinski definition) is 9. The zero-order valence-corrected chi connectivity index (χ0v) is 24.1. The number of amides is 2. The molecule has 2 aliphatic heterocycles. The summed E-state index contributed by atoms with van der Waals surface area (Å²) < 4.78 is 19.6. The van der Waals surface area contributed by atoms with Gasteiger partial charge in [-0.25, -0.2) is 9.18 Å². The molecule has 2 N–H and O–H groups in total. The van der Waals surface area contributed by atoms with Crippen LogP contribution in [0.15, 0.2) is 52.3 Å². The molecule has 2 aromatic carbocycles. The second-order valence-electron chi connectivity index (χ2n) is 11.4. The monoisotopic (exact) mass is 625 g/mol. The highest BCUT2D eigenvalue weighted by molar-refractivity contribution is 8.00. The van der Waals surface area contributed by atoms with Crippen LogP contribution in [0.3, 0.4) is 0 Å². The number of halogens is 1. The highest BCUT2D eigenvalue weighted by Gasteiger charge is 2.70. The molecule has 14 heteroatoms. The van der Waals surface area contributed by atoms with Gasteiger partial charge >= 0.3 is 10.8 Å². The van der Waals surface area contributed by atoms with Crippen molar-refractivity contribution < 1.29 is 33.5 Å².